The lowest BCUT2D eigenvalue weighted by Gasteiger charge is -2.37. The van der Waals surface area contributed by atoms with Gasteiger partial charge in [-0.15, -0.1) is 0 Å². The number of rotatable bonds is 8. The number of fused-ring (bicyclic) bond motifs is 1. The first-order chi connectivity index (χ1) is 16.9. The molecule has 6 atom stereocenters. The number of carbonyl (C=O) groups is 3. The van der Waals surface area contributed by atoms with Gasteiger partial charge in [0, 0.05) is 11.2 Å². The Kier molecular flexibility index (Phi) is 6.85. The highest BCUT2D eigenvalue weighted by Crippen LogP contribution is 2.64. The minimum absolute atomic E-state index is 0.296. The van der Waals surface area contributed by atoms with E-state index in [1.165, 1.54) is 4.90 Å². The lowest BCUT2D eigenvalue weighted by Crippen LogP contribution is -2.60. The van der Waals surface area contributed by atoms with Gasteiger partial charge >= 0.3 is 0 Å². The standard InChI is InChI=1S/C27H39N3O6/c1-7-26-13-14-27(36-26)20(19(26)22(32)28-17-9-11-18(12-10-17)35-8-2)24(34)30(16(3)15-31)21(27)23(33)29-25(4,5)6/h9-12,16,19-21,31H,7-8,13-15H2,1-6H3,(H,28,32)(H,29,33)/t16-,19+,20+,21?,26-,27?/m1/s1. The summed E-state index contributed by atoms with van der Waals surface area (Å²) in [5.74, 6) is -1.79. The molecule has 1 aromatic carbocycles. The van der Waals surface area contributed by atoms with E-state index in [4.69, 9.17) is 9.47 Å². The molecule has 1 spiro atoms. The maximum atomic E-state index is 14.0. The highest BCUT2D eigenvalue weighted by atomic mass is 16.5. The van der Waals surface area contributed by atoms with Crippen LogP contribution in [0.25, 0.3) is 0 Å². The number of benzene rings is 1. The quantitative estimate of drug-likeness (QED) is 0.504. The van der Waals surface area contributed by atoms with E-state index in [2.05, 4.69) is 10.6 Å². The molecule has 198 valence electrons. The van der Waals surface area contributed by atoms with Gasteiger partial charge in [0.25, 0.3) is 0 Å². The average Bonchev–Trinajstić information content (AvgIpc) is 3.42. The summed E-state index contributed by atoms with van der Waals surface area (Å²) >= 11 is 0. The Balaban J connectivity index is 1.71. The molecule has 3 aliphatic heterocycles. The van der Waals surface area contributed by atoms with Crippen LogP contribution >= 0.6 is 0 Å². The summed E-state index contributed by atoms with van der Waals surface area (Å²) in [4.78, 5) is 42.8. The Morgan fingerprint density at radius 1 is 1.19 bits per heavy atom. The molecule has 3 saturated heterocycles. The second-order valence-electron chi connectivity index (χ2n) is 11.3. The molecule has 3 aliphatic rings. The summed E-state index contributed by atoms with van der Waals surface area (Å²) in [5, 5.41) is 15.9. The zero-order chi connectivity index (χ0) is 26.5. The fourth-order valence-electron chi connectivity index (χ4n) is 6.37. The topological polar surface area (TPSA) is 117 Å². The summed E-state index contributed by atoms with van der Waals surface area (Å²) in [6, 6.07) is 5.58. The van der Waals surface area contributed by atoms with E-state index in [1.807, 2.05) is 34.6 Å². The molecule has 0 radical (unpaired) electrons. The smallest absolute Gasteiger partial charge is 0.246 e. The van der Waals surface area contributed by atoms with Crippen LogP contribution in [0.2, 0.25) is 0 Å². The summed E-state index contributed by atoms with van der Waals surface area (Å²) in [6.07, 6.45) is 1.62. The van der Waals surface area contributed by atoms with Gasteiger partial charge < -0.3 is 30.1 Å². The summed E-state index contributed by atoms with van der Waals surface area (Å²) in [6.45, 7) is 11.5. The summed E-state index contributed by atoms with van der Waals surface area (Å²) in [5.41, 5.74) is -1.87. The first kappa shape index (κ1) is 26.4. The van der Waals surface area contributed by atoms with Crippen molar-refractivity contribution in [1.29, 1.82) is 0 Å². The van der Waals surface area contributed by atoms with Gasteiger partial charge in [0.2, 0.25) is 17.7 Å². The number of anilines is 1. The largest absolute Gasteiger partial charge is 0.494 e. The van der Waals surface area contributed by atoms with Crippen LogP contribution in [0.3, 0.4) is 0 Å². The van der Waals surface area contributed by atoms with Crippen LogP contribution in [0, 0.1) is 11.8 Å². The Bertz CT molecular complexity index is 1020. The molecule has 2 unspecified atom stereocenters. The number of ether oxygens (including phenoxy) is 2. The normalized spacial score (nSPS) is 31.8. The Hall–Kier alpha value is -2.65. The number of hydrogen-bond donors (Lipinski definition) is 3. The number of hydrogen-bond acceptors (Lipinski definition) is 6. The Labute approximate surface area is 212 Å². The predicted octanol–water partition coefficient (Wildman–Crippen LogP) is 2.47. The highest BCUT2D eigenvalue weighted by molar-refractivity contribution is 6.02. The molecular weight excluding hydrogens is 462 g/mol. The summed E-state index contributed by atoms with van der Waals surface area (Å²) in [7, 11) is 0. The monoisotopic (exact) mass is 501 g/mol. The molecule has 9 heteroatoms. The molecule has 3 N–H and O–H groups in total. The molecule has 2 bridgehead atoms. The van der Waals surface area contributed by atoms with E-state index >= 15 is 0 Å². The number of likely N-dealkylation sites (tertiary alicyclic amines) is 1. The van der Waals surface area contributed by atoms with Crippen molar-refractivity contribution in [3.8, 4) is 5.75 Å². The molecule has 36 heavy (non-hydrogen) atoms. The van der Waals surface area contributed by atoms with E-state index in [9.17, 15) is 19.5 Å². The van der Waals surface area contributed by atoms with Gasteiger partial charge in [-0.1, -0.05) is 6.92 Å². The molecule has 0 aliphatic carbocycles. The fraction of sp³-hybridized carbons (Fsp3) is 0.667. The zero-order valence-electron chi connectivity index (χ0n) is 22.1. The number of carbonyl (C=O) groups excluding carboxylic acids is 3. The van der Waals surface area contributed by atoms with Crippen LogP contribution in [0.5, 0.6) is 5.75 Å². The van der Waals surface area contributed by atoms with Crippen molar-refractivity contribution in [2.45, 2.75) is 89.6 Å². The van der Waals surface area contributed by atoms with E-state index in [1.54, 1.807) is 31.2 Å². The number of aliphatic hydroxyl groups is 1. The van der Waals surface area contributed by atoms with Crippen LogP contribution in [-0.2, 0) is 19.1 Å². The van der Waals surface area contributed by atoms with Crippen molar-refractivity contribution in [3.05, 3.63) is 24.3 Å². The SMILES string of the molecule is CCOc1ccc(NC(=O)[C@@H]2[C@H]3C(=O)N([C@H](C)CO)C(C(=O)NC(C)(C)C)C34CC[C@@]2(CC)O4)cc1. The van der Waals surface area contributed by atoms with E-state index in [-0.39, 0.29) is 24.3 Å². The minimum atomic E-state index is -1.12. The minimum Gasteiger partial charge on any atom is -0.494 e. The number of amides is 3. The fourth-order valence-corrected chi connectivity index (χ4v) is 6.37. The first-order valence-electron chi connectivity index (χ1n) is 12.9. The van der Waals surface area contributed by atoms with Crippen molar-refractivity contribution in [3.63, 3.8) is 0 Å². The molecule has 1 aromatic rings. The molecule has 0 aromatic heterocycles. The van der Waals surface area contributed by atoms with Crippen molar-refractivity contribution in [2.24, 2.45) is 11.8 Å². The Morgan fingerprint density at radius 2 is 1.86 bits per heavy atom. The van der Waals surface area contributed by atoms with Gasteiger partial charge in [0.15, 0.2) is 0 Å². The lowest BCUT2D eigenvalue weighted by atomic mass is 9.65. The van der Waals surface area contributed by atoms with E-state index < -0.39 is 40.7 Å². The van der Waals surface area contributed by atoms with Gasteiger partial charge in [-0.2, -0.15) is 0 Å². The van der Waals surface area contributed by atoms with Crippen LogP contribution in [0.1, 0.15) is 60.8 Å². The molecule has 3 amide bonds. The molecule has 3 fully saturated rings. The van der Waals surface area contributed by atoms with E-state index in [0.29, 0.717) is 37.3 Å². The van der Waals surface area contributed by atoms with Gasteiger partial charge in [-0.25, -0.2) is 0 Å². The third kappa shape index (κ3) is 4.16. The third-order valence-corrected chi connectivity index (χ3v) is 7.82. The van der Waals surface area contributed by atoms with E-state index in [0.717, 1.165) is 0 Å². The van der Waals surface area contributed by atoms with Crippen LogP contribution < -0.4 is 15.4 Å². The predicted molar refractivity (Wildman–Crippen MR) is 134 cm³/mol. The molecule has 0 saturated carbocycles. The Morgan fingerprint density at radius 3 is 2.42 bits per heavy atom. The van der Waals surface area contributed by atoms with Crippen LogP contribution in [-0.4, -0.2) is 69.8 Å². The maximum absolute atomic E-state index is 14.0. The summed E-state index contributed by atoms with van der Waals surface area (Å²) < 4.78 is 12.2. The maximum Gasteiger partial charge on any atom is 0.246 e. The van der Waals surface area contributed by atoms with Gasteiger partial charge in [0.05, 0.1) is 36.7 Å². The zero-order valence-corrected chi connectivity index (χ0v) is 22.1. The number of nitrogens with zero attached hydrogens (tertiary/aromatic N) is 1. The number of nitrogens with one attached hydrogen (secondary N) is 2. The second kappa shape index (κ2) is 9.34. The number of aliphatic hydroxyl groups excluding tert-OH is 1. The van der Waals surface area contributed by atoms with Crippen molar-refractivity contribution < 1.29 is 29.0 Å². The molecule has 4 rings (SSSR count). The molecular formula is C27H39N3O6. The van der Waals surface area contributed by atoms with Crippen molar-refractivity contribution in [2.75, 3.05) is 18.5 Å². The first-order valence-corrected chi connectivity index (χ1v) is 12.9. The van der Waals surface area contributed by atoms with Gasteiger partial charge in [-0.05, 0) is 78.1 Å². The average molecular weight is 502 g/mol. The van der Waals surface area contributed by atoms with Crippen molar-refractivity contribution in [1.82, 2.24) is 10.2 Å². The lowest BCUT2D eigenvalue weighted by molar-refractivity contribution is -0.150. The molecule has 3 heterocycles. The second-order valence-corrected chi connectivity index (χ2v) is 11.3. The van der Waals surface area contributed by atoms with Gasteiger partial charge in [0.1, 0.15) is 17.4 Å². The van der Waals surface area contributed by atoms with Crippen LogP contribution in [0.15, 0.2) is 24.3 Å². The molecule has 9 nitrogen and oxygen atoms in total. The highest BCUT2D eigenvalue weighted by Gasteiger charge is 2.79. The van der Waals surface area contributed by atoms with Crippen molar-refractivity contribution >= 4 is 23.4 Å². The van der Waals surface area contributed by atoms with Crippen LogP contribution in [0.4, 0.5) is 5.69 Å². The third-order valence-electron chi connectivity index (χ3n) is 7.82. The van der Waals surface area contributed by atoms with Gasteiger partial charge in [-0.3, -0.25) is 14.4 Å².